The molecule has 0 heterocycles. The maximum atomic E-state index is 12.9. The monoisotopic (exact) mass is 339 g/mol. The molecule has 1 aromatic carbocycles. The minimum atomic E-state index is -0.340. The van der Waals surface area contributed by atoms with Crippen LogP contribution in [0.25, 0.3) is 0 Å². The van der Waals surface area contributed by atoms with E-state index < -0.39 is 0 Å². The summed E-state index contributed by atoms with van der Waals surface area (Å²) in [5.41, 5.74) is 3.50. The molecule has 132 valence electrons. The summed E-state index contributed by atoms with van der Waals surface area (Å²) in [6, 6.07) is 7.87. The number of hydrogen-bond acceptors (Lipinski definition) is 4. The van der Waals surface area contributed by atoms with E-state index in [1.54, 1.807) is 7.11 Å². The second-order valence-corrected chi connectivity index (χ2v) is 7.42. The molecule has 0 aromatic heterocycles. The Bertz CT molecular complexity index is 748. The van der Waals surface area contributed by atoms with Crippen molar-refractivity contribution in [1.82, 2.24) is 0 Å². The molecule has 3 rings (SSSR count). The normalized spacial score (nSPS) is 30.8. The van der Waals surface area contributed by atoms with Gasteiger partial charge in [-0.1, -0.05) is 19.6 Å². The van der Waals surface area contributed by atoms with Gasteiger partial charge in [-0.3, -0.25) is 4.79 Å². The molecule has 0 bridgehead atoms. The predicted octanol–water partition coefficient (Wildman–Crippen LogP) is 3.75. The van der Waals surface area contributed by atoms with Gasteiger partial charge in [0.1, 0.15) is 0 Å². The van der Waals surface area contributed by atoms with E-state index >= 15 is 0 Å². The first-order chi connectivity index (χ1) is 12.0. The van der Waals surface area contributed by atoms with Crippen molar-refractivity contribution in [2.45, 2.75) is 45.1 Å². The fraction of sp³-hybridized carbons (Fsp3) is 0.524. The van der Waals surface area contributed by atoms with Gasteiger partial charge in [0.2, 0.25) is 0 Å². The van der Waals surface area contributed by atoms with Crippen molar-refractivity contribution in [3.63, 3.8) is 0 Å². The van der Waals surface area contributed by atoms with Crippen LogP contribution < -0.4 is 0 Å². The van der Waals surface area contributed by atoms with E-state index in [9.17, 15) is 10.1 Å². The smallest absolute Gasteiger partial charge is 0.314 e. The van der Waals surface area contributed by atoms with Gasteiger partial charge in [-0.2, -0.15) is 5.26 Å². The van der Waals surface area contributed by atoms with Gasteiger partial charge >= 0.3 is 5.97 Å². The van der Waals surface area contributed by atoms with E-state index in [1.807, 2.05) is 25.1 Å². The summed E-state index contributed by atoms with van der Waals surface area (Å²) in [6.07, 6.45) is 2.48. The van der Waals surface area contributed by atoms with E-state index in [2.05, 4.69) is 19.6 Å². The van der Waals surface area contributed by atoms with Gasteiger partial charge in [0.25, 0.3) is 0 Å². The van der Waals surface area contributed by atoms with Crippen LogP contribution in [0.15, 0.2) is 30.4 Å². The Morgan fingerprint density at radius 2 is 2.20 bits per heavy atom. The van der Waals surface area contributed by atoms with Gasteiger partial charge < -0.3 is 9.47 Å². The number of carbonyl (C=O) groups excluding carboxylic acids is 1. The molecule has 1 fully saturated rings. The molecule has 0 saturated heterocycles. The highest BCUT2D eigenvalue weighted by Gasteiger charge is 2.54. The molecule has 0 radical (unpaired) electrons. The zero-order valence-corrected chi connectivity index (χ0v) is 15.2. The van der Waals surface area contributed by atoms with Crippen LogP contribution in [0.2, 0.25) is 0 Å². The molecule has 1 saturated carbocycles. The topological polar surface area (TPSA) is 59.3 Å². The van der Waals surface area contributed by atoms with Crippen LogP contribution >= 0.6 is 0 Å². The van der Waals surface area contributed by atoms with Crippen molar-refractivity contribution in [2.75, 3.05) is 13.7 Å². The molecule has 0 amide bonds. The maximum Gasteiger partial charge on any atom is 0.314 e. The van der Waals surface area contributed by atoms with Crippen molar-refractivity contribution >= 4 is 5.97 Å². The lowest BCUT2D eigenvalue weighted by atomic mass is 9.61. The average molecular weight is 339 g/mol. The van der Waals surface area contributed by atoms with E-state index in [4.69, 9.17) is 9.47 Å². The number of methoxy groups -OCH3 is 1. The van der Waals surface area contributed by atoms with Crippen LogP contribution in [0.1, 0.15) is 49.3 Å². The van der Waals surface area contributed by atoms with Gasteiger partial charge in [0, 0.05) is 7.11 Å². The molecule has 1 aromatic rings. The zero-order valence-electron chi connectivity index (χ0n) is 15.2. The summed E-state index contributed by atoms with van der Waals surface area (Å²) < 4.78 is 11.0. The number of nitriles is 1. The number of benzene rings is 1. The fourth-order valence-electron chi connectivity index (χ4n) is 5.04. The van der Waals surface area contributed by atoms with Gasteiger partial charge in [0.15, 0.2) is 0 Å². The number of ether oxygens (including phenoxy) is 2. The largest absolute Gasteiger partial charge is 0.466 e. The lowest BCUT2D eigenvalue weighted by Crippen LogP contribution is -2.42. The third-order valence-electron chi connectivity index (χ3n) is 5.74. The number of fused-ring (bicyclic) bond motifs is 1. The van der Waals surface area contributed by atoms with Crippen LogP contribution in [0.5, 0.6) is 0 Å². The molecule has 2 aliphatic carbocycles. The first-order valence-electron chi connectivity index (χ1n) is 8.85. The van der Waals surface area contributed by atoms with Crippen LogP contribution in [-0.2, 0) is 20.7 Å². The summed E-state index contributed by atoms with van der Waals surface area (Å²) in [5, 5.41) is 9.25. The molecule has 0 aliphatic heterocycles. The van der Waals surface area contributed by atoms with Gasteiger partial charge in [-0.05, 0) is 66.4 Å². The second-order valence-electron chi connectivity index (χ2n) is 7.42. The number of hydrogen-bond donors (Lipinski definition) is 0. The molecule has 4 atom stereocenters. The standard InChI is InChI=1S/C21H25NO3/c1-5-25-20(23)18-17-8-15(12-22)6-7-16(17)11-21(18)9-13(2)19(24-4)14(3)10-21/h6-8,14,18-19H,2,5,9-11H2,1,3-4H3/t14?,18?,19-,21-/m1/s1. The third kappa shape index (κ3) is 2.87. The molecular weight excluding hydrogens is 314 g/mol. The Kier molecular flexibility index (Phi) is 4.71. The third-order valence-corrected chi connectivity index (χ3v) is 5.74. The Morgan fingerprint density at radius 3 is 2.80 bits per heavy atom. The zero-order chi connectivity index (χ0) is 18.2. The van der Waals surface area contributed by atoms with Gasteiger partial charge in [-0.25, -0.2) is 0 Å². The lowest BCUT2D eigenvalue weighted by Gasteiger charge is -2.45. The SMILES string of the molecule is C=C1C[C@]2(Cc3ccc(C#N)cc3C2C(=O)OCC)CC(C)[C@@H]1OC. The Morgan fingerprint density at radius 1 is 1.44 bits per heavy atom. The van der Waals surface area contributed by atoms with Crippen molar-refractivity contribution < 1.29 is 14.3 Å². The van der Waals surface area contributed by atoms with Crippen LogP contribution in [0, 0.1) is 22.7 Å². The fourth-order valence-corrected chi connectivity index (χ4v) is 5.04. The Labute approximate surface area is 149 Å². The highest BCUT2D eigenvalue weighted by molar-refractivity contribution is 5.82. The number of nitrogens with zero attached hydrogens (tertiary/aromatic N) is 1. The first kappa shape index (κ1) is 17.7. The Balaban J connectivity index is 2.06. The van der Waals surface area contributed by atoms with E-state index in [-0.39, 0.29) is 29.3 Å². The number of carbonyl (C=O) groups is 1. The molecule has 4 heteroatoms. The number of rotatable bonds is 3. The summed E-state index contributed by atoms with van der Waals surface area (Å²) in [5.74, 6) is -0.243. The number of esters is 1. The highest BCUT2D eigenvalue weighted by Crippen LogP contribution is 2.58. The molecule has 25 heavy (non-hydrogen) atoms. The van der Waals surface area contributed by atoms with E-state index in [0.29, 0.717) is 12.2 Å². The molecule has 1 spiro atoms. The van der Waals surface area contributed by atoms with Gasteiger partial charge in [0.05, 0.1) is 30.3 Å². The lowest BCUT2D eigenvalue weighted by molar-refractivity contribution is -0.149. The highest BCUT2D eigenvalue weighted by atomic mass is 16.5. The Hall–Kier alpha value is -2.12. The molecule has 0 N–H and O–H groups in total. The predicted molar refractivity (Wildman–Crippen MR) is 95.0 cm³/mol. The van der Waals surface area contributed by atoms with Crippen LogP contribution in [-0.4, -0.2) is 25.8 Å². The van der Waals surface area contributed by atoms with Crippen molar-refractivity contribution in [3.8, 4) is 6.07 Å². The quantitative estimate of drug-likeness (QED) is 0.621. The summed E-state index contributed by atoms with van der Waals surface area (Å²) >= 11 is 0. The summed E-state index contributed by atoms with van der Waals surface area (Å²) in [4.78, 5) is 12.9. The summed E-state index contributed by atoms with van der Waals surface area (Å²) in [7, 11) is 1.72. The van der Waals surface area contributed by atoms with Crippen LogP contribution in [0.3, 0.4) is 0 Å². The van der Waals surface area contributed by atoms with Crippen molar-refractivity contribution in [1.29, 1.82) is 5.26 Å². The first-order valence-corrected chi connectivity index (χ1v) is 8.85. The molecule has 4 nitrogen and oxygen atoms in total. The second kappa shape index (κ2) is 6.65. The van der Waals surface area contributed by atoms with E-state index in [1.165, 1.54) is 0 Å². The minimum Gasteiger partial charge on any atom is -0.466 e. The maximum absolute atomic E-state index is 12.9. The molecule has 2 aliphatic rings. The van der Waals surface area contributed by atoms with Crippen LogP contribution in [0.4, 0.5) is 0 Å². The molecule has 2 unspecified atom stereocenters. The average Bonchev–Trinajstić information content (AvgIpc) is 2.86. The van der Waals surface area contributed by atoms with Crippen molar-refractivity contribution in [2.24, 2.45) is 11.3 Å². The van der Waals surface area contributed by atoms with Crippen molar-refractivity contribution in [3.05, 3.63) is 47.0 Å². The molecular formula is C21H25NO3. The minimum absolute atomic E-state index is 0.0341. The van der Waals surface area contributed by atoms with Gasteiger partial charge in [-0.15, -0.1) is 0 Å². The summed E-state index contributed by atoms with van der Waals surface area (Å²) in [6.45, 7) is 8.59. The van der Waals surface area contributed by atoms with E-state index in [0.717, 1.165) is 36.0 Å².